The van der Waals surface area contributed by atoms with Crippen molar-refractivity contribution in [1.29, 1.82) is 0 Å². The first kappa shape index (κ1) is 12.6. The number of benzene rings is 1. The third-order valence-electron chi connectivity index (χ3n) is 1.58. The van der Waals surface area contributed by atoms with Gasteiger partial charge in [0.15, 0.2) is 0 Å². The molecule has 1 amide bonds. The maximum atomic E-state index is 11.4. The summed E-state index contributed by atoms with van der Waals surface area (Å²) < 4.78 is 5.04. The fraction of sp³-hybridized carbons (Fsp3) is 0.364. The van der Waals surface area contributed by atoms with Gasteiger partial charge in [0.25, 0.3) is 0 Å². The highest BCUT2D eigenvalue weighted by Gasteiger charge is 2.15. The molecule has 16 heavy (non-hydrogen) atoms. The molecule has 0 saturated heterocycles. The van der Waals surface area contributed by atoms with Crippen LogP contribution < -0.4 is 15.8 Å². The first-order chi connectivity index (χ1) is 7.26. The van der Waals surface area contributed by atoms with Crippen molar-refractivity contribution in [3.05, 3.63) is 23.2 Å². The van der Waals surface area contributed by atoms with Gasteiger partial charge >= 0.3 is 6.09 Å². The number of hydrogen-bond acceptors (Lipinski definition) is 3. The molecule has 0 saturated carbocycles. The first-order valence-corrected chi connectivity index (χ1v) is 5.20. The van der Waals surface area contributed by atoms with Gasteiger partial charge in [0, 0.05) is 22.3 Å². The van der Waals surface area contributed by atoms with Crippen molar-refractivity contribution in [2.75, 3.05) is 5.73 Å². The van der Waals surface area contributed by atoms with Crippen molar-refractivity contribution in [2.24, 2.45) is 0 Å². The third-order valence-corrected chi connectivity index (χ3v) is 1.80. The summed E-state index contributed by atoms with van der Waals surface area (Å²) in [5.41, 5.74) is 5.67. The quantitative estimate of drug-likeness (QED) is 0.745. The zero-order valence-corrected chi connectivity index (χ0v) is 10.3. The van der Waals surface area contributed by atoms with Gasteiger partial charge in [-0.15, -0.1) is 0 Å². The first-order valence-electron chi connectivity index (χ1n) is 4.82. The standard InChI is InChI=1S/C11H15ClN2O2/c1-11(2,3)14-10(15)16-9-5-7(12)4-8(13)6-9/h4-6H,13H2,1-3H3,(H,14,15). The predicted octanol–water partition coefficient (Wildman–Crippen LogP) is 2.81. The molecule has 88 valence electrons. The van der Waals surface area contributed by atoms with Crippen LogP contribution in [0.1, 0.15) is 20.8 Å². The lowest BCUT2D eigenvalue weighted by Crippen LogP contribution is -2.42. The molecule has 0 aliphatic carbocycles. The van der Waals surface area contributed by atoms with Gasteiger partial charge in [0.05, 0.1) is 0 Å². The number of halogens is 1. The summed E-state index contributed by atoms with van der Waals surface area (Å²) in [6, 6.07) is 4.64. The van der Waals surface area contributed by atoms with Crippen LogP contribution in [-0.2, 0) is 0 Å². The minimum absolute atomic E-state index is 0.326. The van der Waals surface area contributed by atoms with E-state index in [0.717, 1.165) is 0 Å². The van der Waals surface area contributed by atoms with E-state index in [1.165, 1.54) is 12.1 Å². The summed E-state index contributed by atoms with van der Waals surface area (Å²) >= 11 is 5.77. The number of amides is 1. The van der Waals surface area contributed by atoms with Crippen LogP contribution in [0.15, 0.2) is 18.2 Å². The normalized spacial score (nSPS) is 11.0. The van der Waals surface area contributed by atoms with Crippen molar-refractivity contribution in [3.8, 4) is 5.75 Å². The van der Waals surface area contributed by atoms with Gasteiger partial charge in [0.2, 0.25) is 0 Å². The minimum atomic E-state index is -0.533. The number of nitrogens with two attached hydrogens (primary N) is 1. The van der Waals surface area contributed by atoms with E-state index < -0.39 is 6.09 Å². The van der Waals surface area contributed by atoms with E-state index in [-0.39, 0.29) is 5.54 Å². The molecular weight excluding hydrogens is 228 g/mol. The van der Waals surface area contributed by atoms with Crippen LogP contribution in [0.2, 0.25) is 5.02 Å². The molecule has 0 bridgehead atoms. The minimum Gasteiger partial charge on any atom is -0.410 e. The fourth-order valence-corrected chi connectivity index (χ4v) is 1.32. The van der Waals surface area contributed by atoms with E-state index >= 15 is 0 Å². The van der Waals surface area contributed by atoms with Gasteiger partial charge in [0.1, 0.15) is 5.75 Å². The molecule has 0 heterocycles. The Morgan fingerprint density at radius 1 is 1.38 bits per heavy atom. The van der Waals surface area contributed by atoms with Crippen molar-refractivity contribution < 1.29 is 9.53 Å². The molecule has 0 aliphatic rings. The van der Waals surface area contributed by atoms with Crippen LogP contribution in [0.4, 0.5) is 10.5 Å². The van der Waals surface area contributed by atoms with E-state index in [4.69, 9.17) is 22.1 Å². The summed E-state index contributed by atoms with van der Waals surface area (Å²) in [7, 11) is 0. The summed E-state index contributed by atoms with van der Waals surface area (Å²) in [5, 5.41) is 3.09. The highest BCUT2D eigenvalue weighted by atomic mass is 35.5. The third kappa shape index (κ3) is 4.40. The van der Waals surface area contributed by atoms with E-state index in [1.54, 1.807) is 6.07 Å². The van der Waals surface area contributed by atoms with Crippen LogP contribution >= 0.6 is 11.6 Å². The van der Waals surface area contributed by atoms with Gasteiger partial charge in [-0.3, -0.25) is 0 Å². The number of hydrogen-bond donors (Lipinski definition) is 2. The number of nitrogen functional groups attached to an aromatic ring is 1. The van der Waals surface area contributed by atoms with Gasteiger partial charge in [-0.25, -0.2) is 4.79 Å². The SMILES string of the molecule is CC(C)(C)NC(=O)Oc1cc(N)cc(Cl)c1. The van der Waals surface area contributed by atoms with Gasteiger partial charge in [-0.2, -0.15) is 0 Å². The van der Waals surface area contributed by atoms with Crippen LogP contribution in [-0.4, -0.2) is 11.6 Å². The van der Waals surface area contributed by atoms with Crippen LogP contribution in [0.3, 0.4) is 0 Å². The van der Waals surface area contributed by atoms with Crippen molar-refractivity contribution in [3.63, 3.8) is 0 Å². The zero-order chi connectivity index (χ0) is 12.3. The molecule has 0 radical (unpaired) electrons. The van der Waals surface area contributed by atoms with Crippen LogP contribution in [0, 0.1) is 0 Å². The van der Waals surface area contributed by atoms with E-state index in [0.29, 0.717) is 16.5 Å². The fourth-order valence-electron chi connectivity index (χ4n) is 1.08. The maximum absolute atomic E-state index is 11.4. The van der Waals surface area contributed by atoms with Crippen molar-refractivity contribution in [1.82, 2.24) is 5.32 Å². The summed E-state index contributed by atoms with van der Waals surface area (Å²) in [6.45, 7) is 5.59. The molecule has 4 nitrogen and oxygen atoms in total. The largest absolute Gasteiger partial charge is 0.413 e. The monoisotopic (exact) mass is 242 g/mol. The summed E-state index contributed by atoms with van der Waals surface area (Å²) in [6.07, 6.45) is -0.533. The average molecular weight is 243 g/mol. The number of rotatable bonds is 1. The second kappa shape index (κ2) is 4.61. The second-order valence-electron chi connectivity index (χ2n) is 4.48. The number of carbonyl (C=O) groups is 1. The Bertz CT molecular complexity index is 379. The number of nitrogens with one attached hydrogen (secondary N) is 1. The Kier molecular flexibility index (Phi) is 3.65. The van der Waals surface area contributed by atoms with Crippen molar-refractivity contribution in [2.45, 2.75) is 26.3 Å². The highest BCUT2D eigenvalue weighted by molar-refractivity contribution is 6.31. The maximum Gasteiger partial charge on any atom is 0.413 e. The number of ether oxygens (including phenoxy) is 1. The lowest BCUT2D eigenvalue weighted by Gasteiger charge is -2.19. The van der Waals surface area contributed by atoms with Crippen molar-refractivity contribution >= 4 is 23.4 Å². The Labute approximate surface area is 99.7 Å². The Hall–Kier alpha value is -1.42. The molecule has 0 aromatic heterocycles. The van der Waals surface area contributed by atoms with Crippen LogP contribution in [0.25, 0.3) is 0 Å². The Balaban J connectivity index is 2.70. The molecule has 1 aromatic rings. The Morgan fingerprint density at radius 3 is 2.50 bits per heavy atom. The molecule has 0 aliphatic heterocycles. The predicted molar refractivity (Wildman–Crippen MR) is 64.8 cm³/mol. The summed E-state index contributed by atoms with van der Waals surface area (Å²) in [5.74, 6) is 0.326. The topological polar surface area (TPSA) is 64.3 Å². The Morgan fingerprint density at radius 2 is 2.00 bits per heavy atom. The highest BCUT2D eigenvalue weighted by Crippen LogP contribution is 2.22. The average Bonchev–Trinajstić information content (AvgIpc) is 1.96. The molecular formula is C11H15ClN2O2. The van der Waals surface area contributed by atoms with E-state index in [2.05, 4.69) is 5.32 Å². The summed E-state index contributed by atoms with van der Waals surface area (Å²) in [4.78, 5) is 11.4. The second-order valence-corrected chi connectivity index (χ2v) is 4.92. The van der Waals surface area contributed by atoms with E-state index in [9.17, 15) is 4.79 Å². The zero-order valence-electron chi connectivity index (χ0n) is 9.50. The molecule has 1 aromatic carbocycles. The molecule has 5 heteroatoms. The number of carbonyl (C=O) groups excluding carboxylic acids is 1. The lowest BCUT2D eigenvalue weighted by atomic mass is 10.1. The lowest BCUT2D eigenvalue weighted by molar-refractivity contribution is 0.190. The smallest absolute Gasteiger partial charge is 0.410 e. The number of anilines is 1. The van der Waals surface area contributed by atoms with Gasteiger partial charge in [-0.05, 0) is 32.9 Å². The molecule has 0 spiro atoms. The van der Waals surface area contributed by atoms with Gasteiger partial charge < -0.3 is 15.8 Å². The van der Waals surface area contributed by atoms with Gasteiger partial charge in [-0.1, -0.05) is 11.6 Å². The molecule has 3 N–H and O–H groups in total. The molecule has 0 fully saturated rings. The molecule has 0 atom stereocenters. The van der Waals surface area contributed by atoms with Crippen LogP contribution in [0.5, 0.6) is 5.75 Å². The van der Waals surface area contributed by atoms with E-state index in [1.807, 2.05) is 20.8 Å². The molecule has 1 rings (SSSR count). The molecule has 0 unspecified atom stereocenters.